The first kappa shape index (κ1) is 30.6. The number of hydrogen-bond donors (Lipinski definition) is 2. The monoisotopic (exact) mass is 595 g/mol. The van der Waals surface area contributed by atoms with Crippen LogP contribution in [0.5, 0.6) is 5.75 Å². The Kier molecular flexibility index (Phi) is 9.87. The number of halogens is 1. The van der Waals surface area contributed by atoms with E-state index in [-0.39, 0.29) is 31.0 Å². The molecule has 2 aromatic carbocycles. The SMILES string of the molecule is CCOC(=O)C1=C(COCCN(C)c2nc(N)c3cc(OC)ccc3n2)NC(C)=C(C(=O)OC)C1c1ccccc1Cl. The number of carbonyl (C=O) groups excluding carboxylic acids is 2. The van der Waals surface area contributed by atoms with Gasteiger partial charge in [-0.15, -0.1) is 0 Å². The Bertz CT molecular complexity index is 1560. The number of rotatable bonds is 11. The number of fused-ring (bicyclic) bond motifs is 1. The molecule has 2 heterocycles. The smallest absolute Gasteiger partial charge is 0.336 e. The first-order chi connectivity index (χ1) is 20.2. The van der Waals surface area contributed by atoms with Crippen LogP contribution < -0.4 is 20.7 Å². The summed E-state index contributed by atoms with van der Waals surface area (Å²) < 4.78 is 21.8. The summed E-state index contributed by atoms with van der Waals surface area (Å²) in [5.41, 5.74) is 8.94. The Hall–Kier alpha value is -4.35. The van der Waals surface area contributed by atoms with Crippen LogP contribution in [0.2, 0.25) is 5.02 Å². The molecule has 0 spiro atoms. The molecule has 0 amide bonds. The second-order valence-corrected chi connectivity index (χ2v) is 9.90. The third kappa shape index (κ3) is 6.42. The highest BCUT2D eigenvalue weighted by molar-refractivity contribution is 6.31. The zero-order valence-electron chi connectivity index (χ0n) is 24.2. The minimum atomic E-state index is -0.819. The van der Waals surface area contributed by atoms with Crippen molar-refractivity contribution in [2.24, 2.45) is 0 Å². The van der Waals surface area contributed by atoms with Gasteiger partial charge in [0.15, 0.2) is 0 Å². The standard InChI is InChI=1S/C30H34ClN5O6/c1-6-42-29(38)26-23(33-17(2)24(28(37)40-5)25(26)19-9-7-8-10-21(19)31)16-41-14-13-36(3)30-34-22-12-11-18(39-4)15-20(22)27(32)35-30/h7-12,15,25,33H,6,13-14,16H2,1-5H3,(H2,32,34,35). The number of esters is 2. The minimum Gasteiger partial charge on any atom is -0.497 e. The number of likely N-dealkylation sites (N-methyl/N-ethyl adjacent to an activating group) is 1. The molecule has 1 aliphatic heterocycles. The van der Waals surface area contributed by atoms with Crippen molar-refractivity contribution in [1.82, 2.24) is 15.3 Å². The number of hydrogen-bond acceptors (Lipinski definition) is 11. The molecular weight excluding hydrogens is 562 g/mol. The molecule has 0 fully saturated rings. The van der Waals surface area contributed by atoms with Crippen molar-refractivity contribution in [3.8, 4) is 5.75 Å². The van der Waals surface area contributed by atoms with Gasteiger partial charge in [-0.2, -0.15) is 4.98 Å². The van der Waals surface area contributed by atoms with Crippen molar-refractivity contribution in [3.05, 3.63) is 75.6 Å². The molecule has 3 N–H and O–H groups in total. The van der Waals surface area contributed by atoms with E-state index in [1.54, 1.807) is 51.3 Å². The molecule has 1 aliphatic rings. The number of carbonyl (C=O) groups is 2. The Morgan fingerprint density at radius 3 is 2.55 bits per heavy atom. The summed E-state index contributed by atoms with van der Waals surface area (Å²) in [5.74, 6) is -0.540. The number of methoxy groups -OCH3 is 2. The highest BCUT2D eigenvalue weighted by Crippen LogP contribution is 2.42. The van der Waals surface area contributed by atoms with Gasteiger partial charge in [0.2, 0.25) is 5.95 Å². The molecule has 11 nitrogen and oxygen atoms in total. The Labute approximate surface area is 249 Å². The number of nitrogens with two attached hydrogens (primary N) is 1. The van der Waals surface area contributed by atoms with Crippen LogP contribution in [-0.2, 0) is 23.8 Å². The molecule has 12 heteroatoms. The fraction of sp³-hybridized carbons (Fsp3) is 0.333. The van der Waals surface area contributed by atoms with Gasteiger partial charge in [-0.3, -0.25) is 0 Å². The average Bonchev–Trinajstić information content (AvgIpc) is 2.98. The number of dihydropyridines is 1. The quantitative estimate of drug-likeness (QED) is 0.246. The van der Waals surface area contributed by atoms with Gasteiger partial charge in [-0.1, -0.05) is 29.8 Å². The number of ether oxygens (including phenoxy) is 4. The lowest BCUT2D eigenvalue weighted by Gasteiger charge is -2.31. The second kappa shape index (κ2) is 13.5. The van der Waals surface area contributed by atoms with Gasteiger partial charge in [0, 0.05) is 29.7 Å². The molecule has 3 aromatic rings. The Balaban J connectivity index is 1.57. The summed E-state index contributed by atoms with van der Waals surface area (Å²) >= 11 is 6.56. The molecule has 0 aliphatic carbocycles. The molecular formula is C30H34ClN5O6. The highest BCUT2D eigenvalue weighted by Gasteiger charge is 2.39. The third-order valence-electron chi connectivity index (χ3n) is 6.84. The highest BCUT2D eigenvalue weighted by atomic mass is 35.5. The summed E-state index contributed by atoms with van der Waals surface area (Å²) in [6.45, 7) is 4.34. The molecule has 0 bridgehead atoms. The predicted molar refractivity (Wildman–Crippen MR) is 160 cm³/mol. The van der Waals surface area contributed by atoms with Crippen LogP contribution in [-0.4, -0.2) is 69.5 Å². The first-order valence-corrected chi connectivity index (χ1v) is 13.7. The van der Waals surface area contributed by atoms with Crippen LogP contribution >= 0.6 is 11.6 Å². The van der Waals surface area contributed by atoms with E-state index in [2.05, 4.69) is 15.3 Å². The average molecular weight is 596 g/mol. The Morgan fingerprint density at radius 1 is 1.10 bits per heavy atom. The lowest BCUT2D eigenvalue weighted by molar-refractivity contribution is -0.139. The zero-order chi connectivity index (χ0) is 30.4. The van der Waals surface area contributed by atoms with Gasteiger partial charge in [-0.05, 0) is 43.7 Å². The lowest BCUT2D eigenvalue weighted by Crippen LogP contribution is -2.35. The largest absolute Gasteiger partial charge is 0.497 e. The van der Waals surface area contributed by atoms with E-state index in [1.165, 1.54) is 7.11 Å². The molecule has 42 heavy (non-hydrogen) atoms. The molecule has 1 aromatic heterocycles. The number of allylic oxidation sites excluding steroid dienone is 1. The van der Waals surface area contributed by atoms with E-state index in [0.717, 1.165) is 0 Å². The van der Waals surface area contributed by atoms with Crippen LogP contribution in [0.25, 0.3) is 10.9 Å². The van der Waals surface area contributed by atoms with Crippen LogP contribution in [0.15, 0.2) is 65.0 Å². The van der Waals surface area contributed by atoms with Crippen LogP contribution in [0.3, 0.4) is 0 Å². The second-order valence-electron chi connectivity index (χ2n) is 9.49. The topological polar surface area (TPSA) is 138 Å². The number of aromatic nitrogens is 2. The van der Waals surface area contributed by atoms with Gasteiger partial charge in [-0.25, -0.2) is 14.6 Å². The van der Waals surface area contributed by atoms with Crippen molar-refractivity contribution >= 4 is 46.2 Å². The molecule has 0 saturated carbocycles. The van der Waals surface area contributed by atoms with Gasteiger partial charge in [0.25, 0.3) is 0 Å². The number of nitrogen functional groups attached to an aromatic ring is 1. The summed E-state index contributed by atoms with van der Waals surface area (Å²) in [6, 6.07) is 12.5. The van der Waals surface area contributed by atoms with E-state index in [0.29, 0.717) is 56.9 Å². The summed E-state index contributed by atoms with van der Waals surface area (Å²) in [5, 5.41) is 4.27. The van der Waals surface area contributed by atoms with Crippen LogP contribution in [0.1, 0.15) is 25.3 Å². The zero-order valence-corrected chi connectivity index (χ0v) is 24.9. The molecule has 0 saturated heterocycles. The van der Waals surface area contributed by atoms with Crippen molar-refractivity contribution in [1.29, 1.82) is 0 Å². The third-order valence-corrected chi connectivity index (χ3v) is 7.19. The fourth-order valence-corrected chi connectivity index (χ4v) is 5.00. The van der Waals surface area contributed by atoms with Crippen LogP contribution in [0, 0.1) is 0 Å². The summed E-state index contributed by atoms with van der Waals surface area (Å²) in [4.78, 5) is 37.1. The molecule has 0 radical (unpaired) electrons. The minimum absolute atomic E-state index is 0.0369. The van der Waals surface area contributed by atoms with Gasteiger partial charge in [0.05, 0.1) is 62.3 Å². The van der Waals surface area contributed by atoms with Gasteiger partial charge >= 0.3 is 11.9 Å². The van der Waals surface area contributed by atoms with Gasteiger partial charge in [0.1, 0.15) is 11.6 Å². The number of benzene rings is 2. The van der Waals surface area contributed by atoms with Crippen molar-refractivity contribution in [2.45, 2.75) is 19.8 Å². The maximum Gasteiger partial charge on any atom is 0.336 e. The first-order valence-electron chi connectivity index (χ1n) is 13.3. The maximum absolute atomic E-state index is 13.3. The molecule has 1 atom stereocenters. The van der Waals surface area contributed by atoms with Crippen molar-refractivity contribution in [2.75, 3.05) is 58.3 Å². The number of anilines is 2. The van der Waals surface area contributed by atoms with Gasteiger partial charge < -0.3 is 34.9 Å². The van der Waals surface area contributed by atoms with E-state index >= 15 is 0 Å². The van der Waals surface area contributed by atoms with Crippen LogP contribution in [0.4, 0.5) is 11.8 Å². The molecule has 222 valence electrons. The normalized spacial score (nSPS) is 15.0. The number of nitrogens with zero attached hydrogens (tertiary/aromatic N) is 3. The number of nitrogens with one attached hydrogen (secondary N) is 1. The predicted octanol–water partition coefficient (Wildman–Crippen LogP) is 3.98. The molecule has 4 rings (SSSR count). The lowest BCUT2D eigenvalue weighted by atomic mass is 9.80. The summed E-state index contributed by atoms with van der Waals surface area (Å²) in [7, 11) is 4.71. The summed E-state index contributed by atoms with van der Waals surface area (Å²) in [6.07, 6.45) is 0. The van der Waals surface area contributed by atoms with Crippen molar-refractivity contribution in [3.63, 3.8) is 0 Å². The van der Waals surface area contributed by atoms with Crippen molar-refractivity contribution < 1.29 is 28.5 Å². The maximum atomic E-state index is 13.3. The van der Waals surface area contributed by atoms with E-state index in [4.69, 9.17) is 36.3 Å². The fourth-order valence-electron chi connectivity index (χ4n) is 4.75. The Morgan fingerprint density at radius 2 is 1.86 bits per heavy atom. The van der Waals surface area contributed by atoms with E-state index in [1.807, 2.05) is 24.1 Å². The van der Waals surface area contributed by atoms with E-state index in [9.17, 15) is 9.59 Å². The molecule has 1 unspecified atom stereocenters. The van der Waals surface area contributed by atoms with E-state index < -0.39 is 17.9 Å².